The van der Waals surface area contributed by atoms with Crippen LogP contribution in [0.15, 0.2) is 36.4 Å². The van der Waals surface area contributed by atoms with E-state index in [0.717, 1.165) is 17.5 Å². The van der Waals surface area contributed by atoms with Crippen LogP contribution in [0.4, 0.5) is 0 Å². The van der Waals surface area contributed by atoms with E-state index in [1.54, 1.807) is 4.90 Å². The molecule has 1 fully saturated rings. The minimum absolute atomic E-state index is 0.0657. The summed E-state index contributed by atoms with van der Waals surface area (Å²) in [5.41, 5.74) is 2.07. The second-order valence-electron chi connectivity index (χ2n) is 6.53. The van der Waals surface area contributed by atoms with Crippen molar-refractivity contribution in [3.63, 3.8) is 0 Å². The van der Waals surface area contributed by atoms with Crippen LogP contribution in [0, 0.1) is 5.92 Å². The quantitative estimate of drug-likeness (QED) is 0.917. The van der Waals surface area contributed by atoms with Crippen molar-refractivity contribution in [2.24, 2.45) is 5.92 Å². The third-order valence-corrected chi connectivity index (χ3v) is 6.22. The van der Waals surface area contributed by atoms with E-state index in [-0.39, 0.29) is 18.4 Å². The number of benzene rings is 1. The van der Waals surface area contributed by atoms with Crippen molar-refractivity contribution in [1.82, 2.24) is 4.90 Å². The number of amides is 1. The summed E-state index contributed by atoms with van der Waals surface area (Å²) in [6.07, 6.45) is 0.845. The number of likely N-dealkylation sites (tertiary alicyclic amines) is 1. The molecule has 0 saturated carbocycles. The summed E-state index contributed by atoms with van der Waals surface area (Å²) in [6, 6.07) is 11.5. The van der Waals surface area contributed by atoms with Gasteiger partial charge in [0, 0.05) is 30.3 Å². The molecule has 5 nitrogen and oxygen atoms in total. The molecule has 2 atom stereocenters. The Bertz CT molecular complexity index is 778. The van der Waals surface area contributed by atoms with Gasteiger partial charge in [-0.3, -0.25) is 9.59 Å². The van der Waals surface area contributed by atoms with Crippen LogP contribution in [0.1, 0.15) is 31.6 Å². The smallest absolute Gasteiger partial charge is 0.308 e. The first-order chi connectivity index (χ1) is 12.1. The fourth-order valence-corrected chi connectivity index (χ4v) is 4.78. The van der Waals surface area contributed by atoms with Crippen molar-refractivity contribution < 1.29 is 19.4 Å². The lowest BCUT2D eigenvalue weighted by Gasteiger charge is -2.15. The highest BCUT2D eigenvalue weighted by Crippen LogP contribution is 2.35. The van der Waals surface area contributed by atoms with E-state index >= 15 is 0 Å². The van der Waals surface area contributed by atoms with E-state index in [4.69, 9.17) is 4.74 Å². The summed E-state index contributed by atoms with van der Waals surface area (Å²) in [5, 5.41) is 9.60. The van der Waals surface area contributed by atoms with E-state index in [9.17, 15) is 14.7 Å². The first-order valence-electron chi connectivity index (χ1n) is 8.40. The number of fused-ring (bicyclic) bond motifs is 1. The Morgan fingerprint density at radius 1 is 1.20 bits per heavy atom. The zero-order chi connectivity index (χ0) is 17.4. The van der Waals surface area contributed by atoms with Gasteiger partial charge in [-0.25, -0.2) is 0 Å². The Kier molecular flexibility index (Phi) is 4.31. The molecule has 25 heavy (non-hydrogen) atoms. The largest absolute Gasteiger partial charge is 0.481 e. The SMILES string of the molecule is O=C(O)[C@@H]1CN(C(=O)c2cc3c(s2)CCOC3)C[C@H]1c1ccccc1. The van der Waals surface area contributed by atoms with Crippen LogP contribution in [0.5, 0.6) is 0 Å². The minimum Gasteiger partial charge on any atom is -0.481 e. The van der Waals surface area contributed by atoms with Crippen molar-refractivity contribution in [3.8, 4) is 0 Å². The highest BCUT2D eigenvalue weighted by Gasteiger charge is 2.41. The van der Waals surface area contributed by atoms with E-state index in [1.165, 1.54) is 16.2 Å². The van der Waals surface area contributed by atoms with Crippen LogP contribution in [0.3, 0.4) is 0 Å². The van der Waals surface area contributed by atoms with E-state index in [1.807, 2.05) is 36.4 Å². The number of ether oxygens (including phenoxy) is 1. The molecule has 0 spiro atoms. The molecule has 4 rings (SSSR count). The Morgan fingerprint density at radius 2 is 2.00 bits per heavy atom. The number of carbonyl (C=O) groups excluding carboxylic acids is 1. The van der Waals surface area contributed by atoms with Crippen LogP contribution < -0.4 is 0 Å². The molecule has 1 aromatic carbocycles. The molecule has 1 aromatic heterocycles. The maximum absolute atomic E-state index is 12.9. The number of hydrogen-bond donors (Lipinski definition) is 1. The second kappa shape index (κ2) is 6.61. The Balaban J connectivity index is 1.57. The monoisotopic (exact) mass is 357 g/mol. The Morgan fingerprint density at radius 3 is 2.72 bits per heavy atom. The lowest BCUT2D eigenvalue weighted by Crippen LogP contribution is -2.29. The number of carboxylic acids is 1. The van der Waals surface area contributed by atoms with Gasteiger partial charge in [0.2, 0.25) is 0 Å². The standard InChI is InChI=1S/C19H19NO4S/c21-18(17-8-13-11-24-7-6-16(13)25-17)20-9-14(15(10-20)19(22)23)12-4-2-1-3-5-12/h1-5,8,14-15H,6-7,9-11H2,(H,22,23)/t14-,15+/m0/s1. The molecular weight excluding hydrogens is 338 g/mol. The normalized spacial score (nSPS) is 22.6. The average molecular weight is 357 g/mol. The van der Waals surface area contributed by atoms with E-state index in [0.29, 0.717) is 24.6 Å². The van der Waals surface area contributed by atoms with Crippen molar-refractivity contribution in [3.05, 3.63) is 57.3 Å². The van der Waals surface area contributed by atoms with Gasteiger partial charge in [-0.15, -0.1) is 11.3 Å². The predicted molar refractivity (Wildman–Crippen MR) is 93.9 cm³/mol. The molecule has 130 valence electrons. The zero-order valence-corrected chi connectivity index (χ0v) is 14.5. The highest BCUT2D eigenvalue weighted by atomic mass is 32.1. The molecule has 1 N–H and O–H groups in total. The molecule has 1 amide bonds. The van der Waals surface area contributed by atoms with Crippen LogP contribution in [0.2, 0.25) is 0 Å². The Labute approximate surface area is 149 Å². The summed E-state index contributed by atoms with van der Waals surface area (Å²) in [4.78, 5) is 28.2. The first kappa shape index (κ1) is 16.3. The van der Waals surface area contributed by atoms with Gasteiger partial charge in [0.15, 0.2) is 0 Å². The fraction of sp³-hybridized carbons (Fsp3) is 0.368. The highest BCUT2D eigenvalue weighted by molar-refractivity contribution is 7.14. The first-order valence-corrected chi connectivity index (χ1v) is 9.21. The van der Waals surface area contributed by atoms with E-state index in [2.05, 4.69) is 0 Å². The summed E-state index contributed by atoms with van der Waals surface area (Å²) >= 11 is 1.52. The summed E-state index contributed by atoms with van der Waals surface area (Å²) in [5.74, 6) is -1.64. The van der Waals surface area contributed by atoms with Crippen LogP contribution >= 0.6 is 11.3 Å². The maximum atomic E-state index is 12.9. The minimum atomic E-state index is -0.844. The van der Waals surface area contributed by atoms with Gasteiger partial charge in [0.1, 0.15) is 0 Å². The van der Waals surface area contributed by atoms with Gasteiger partial charge in [0.05, 0.1) is 24.0 Å². The maximum Gasteiger partial charge on any atom is 0.308 e. The number of hydrogen-bond acceptors (Lipinski definition) is 4. The number of nitrogens with zero attached hydrogens (tertiary/aromatic N) is 1. The molecular formula is C19H19NO4S. The molecule has 0 bridgehead atoms. The lowest BCUT2D eigenvalue weighted by molar-refractivity contribution is -0.141. The third-order valence-electron chi connectivity index (χ3n) is 4.99. The number of carboxylic acid groups (broad SMARTS) is 1. The average Bonchev–Trinajstić information content (AvgIpc) is 3.26. The summed E-state index contributed by atoms with van der Waals surface area (Å²) in [6.45, 7) is 1.96. The van der Waals surface area contributed by atoms with Gasteiger partial charge in [-0.1, -0.05) is 30.3 Å². The Hall–Kier alpha value is -2.18. The predicted octanol–water partition coefficient (Wildman–Crippen LogP) is 2.76. The third kappa shape index (κ3) is 3.07. The topological polar surface area (TPSA) is 66.8 Å². The lowest BCUT2D eigenvalue weighted by atomic mass is 9.89. The summed E-state index contributed by atoms with van der Waals surface area (Å²) < 4.78 is 5.44. The number of thiophene rings is 1. The molecule has 0 aliphatic carbocycles. The van der Waals surface area contributed by atoms with Crippen LogP contribution in [0.25, 0.3) is 0 Å². The second-order valence-corrected chi connectivity index (χ2v) is 7.67. The zero-order valence-electron chi connectivity index (χ0n) is 13.7. The summed E-state index contributed by atoms with van der Waals surface area (Å²) in [7, 11) is 0. The van der Waals surface area contributed by atoms with Gasteiger partial charge >= 0.3 is 5.97 Å². The molecule has 6 heteroatoms. The molecule has 2 aliphatic rings. The number of aliphatic carboxylic acids is 1. The molecule has 2 aromatic rings. The van der Waals surface area contributed by atoms with Crippen molar-refractivity contribution in [2.75, 3.05) is 19.7 Å². The van der Waals surface area contributed by atoms with Crippen molar-refractivity contribution in [1.29, 1.82) is 0 Å². The molecule has 2 aliphatic heterocycles. The van der Waals surface area contributed by atoms with E-state index < -0.39 is 11.9 Å². The van der Waals surface area contributed by atoms with Gasteiger partial charge in [0.25, 0.3) is 5.91 Å². The molecule has 1 saturated heterocycles. The van der Waals surface area contributed by atoms with Gasteiger partial charge in [-0.2, -0.15) is 0 Å². The molecule has 0 unspecified atom stereocenters. The van der Waals surface area contributed by atoms with Crippen molar-refractivity contribution >= 4 is 23.2 Å². The number of carbonyl (C=O) groups is 2. The van der Waals surface area contributed by atoms with Crippen molar-refractivity contribution in [2.45, 2.75) is 18.9 Å². The molecule has 3 heterocycles. The number of rotatable bonds is 3. The molecule has 0 radical (unpaired) electrons. The fourth-order valence-electron chi connectivity index (χ4n) is 3.67. The van der Waals surface area contributed by atoms with Gasteiger partial charge < -0.3 is 14.7 Å². The van der Waals surface area contributed by atoms with Crippen LogP contribution in [-0.4, -0.2) is 41.6 Å². The van der Waals surface area contributed by atoms with Crippen LogP contribution in [-0.2, 0) is 22.6 Å². The van der Waals surface area contributed by atoms with Gasteiger partial charge in [-0.05, 0) is 17.2 Å².